The molecule has 10 rings (SSSR count). The summed E-state index contributed by atoms with van der Waals surface area (Å²) >= 11 is 0. The van der Waals surface area contributed by atoms with Crippen molar-refractivity contribution in [3.05, 3.63) is 281 Å². The van der Waals surface area contributed by atoms with Gasteiger partial charge in [-0.15, -0.1) is 0 Å². The third-order valence-electron chi connectivity index (χ3n) is 14.4. The third-order valence-corrected chi connectivity index (χ3v) is 16.2. The Kier molecular flexibility index (Phi) is 17.1. The highest BCUT2D eigenvalue weighted by atomic mass is 32.2. The molecule has 13 nitrogen and oxygen atoms in total. The van der Waals surface area contributed by atoms with Crippen molar-refractivity contribution < 1.29 is 85.6 Å². The van der Waals surface area contributed by atoms with Crippen LogP contribution in [0, 0.1) is 6.92 Å². The van der Waals surface area contributed by atoms with E-state index < -0.39 is 70.5 Å². The van der Waals surface area contributed by atoms with Crippen LogP contribution in [0.25, 0.3) is 22.3 Å². The monoisotopic (exact) mass is 1250 g/mol. The summed E-state index contributed by atoms with van der Waals surface area (Å²) < 4.78 is 178. The van der Waals surface area contributed by atoms with Gasteiger partial charge in [0.1, 0.15) is 45.1 Å². The van der Waals surface area contributed by atoms with Crippen molar-refractivity contribution in [2.75, 3.05) is 7.11 Å². The van der Waals surface area contributed by atoms with E-state index in [-0.39, 0.29) is 68.3 Å². The van der Waals surface area contributed by atoms with Gasteiger partial charge in [0.05, 0.1) is 12.0 Å². The molecule has 0 radical (unpaired) electrons. The largest absolute Gasteiger partial charge is 0.497 e. The molecule has 0 saturated carbocycles. The van der Waals surface area contributed by atoms with Crippen LogP contribution in [-0.4, -0.2) is 62.8 Å². The normalized spacial score (nSPS) is 12.0. The summed E-state index contributed by atoms with van der Waals surface area (Å²) in [5.74, 6) is -1.19. The first-order valence-corrected chi connectivity index (χ1v) is 29.5. The van der Waals surface area contributed by atoms with Gasteiger partial charge in [-0.1, -0.05) is 115 Å². The van der Waals surface area contributed by atoms with Gasteiger partial charge >= 0.3 is 12.4 Å². The number of ether oxygens (including phenoxy) is 4. The Morgan fingerprint density at radius 1 is 0.382 bits per heavy atom. The van der Waals surface area contributed by atoms with Gasteiger partial charge < -0.3 is 18.9 Å². The lowest BCUT2D eigenvalue weighted by atomic mass is 9.73. The van der Waals surface area contributed by atoms with Crippen LogP contribution in [0.3, 0.4) is 0 Å². The summed E-state index contributed by atoms with van der Waals surface area (Å²) in [6.07, 6.45) is -11.6. The number of rotatable bonds is 19. The predicted molar refractivity (Wildman–Crippen MR) is 317 cm³/mol. The van der Waals surface area contributed by atoms with E-state index in [1.165, 1.54) is 67.8 Å². The molecule has 0 unspecified atom stereocenters. The maximum absolute atomic E-state index is 14.7. The molecule has 0 aliphatic heterocycles. The molecule has 0 saturated heterocycles. The van der Waals surface area contributed by atoms with E-state index >= 15 is 0 Å². The second kappa shape index (κ2) is 24.5. The molecule has 450 valence electrons. The molecule has 0 bridgehead atoms. The summed E-state index contributed by atoms with van der Waals surface area (Å²) in [6.45, 7) is 1.91. The van der Waals surface area contributed by atoms with Crippen molar-refractivity contribution in [2.45, 2.75) is 34.5 Å². The Morgan fingerprint density at radius 3 is 1.20 bits per heavy atom. The Morgan fingerprint density at radius 2 is 0.753 bits per heavy atom. The van der Waals surface area contributed by atoms with Crippen molar-refractivity contribution in [3.63, 3.8) is 0 Å². The zero-order chi connectivity index (χ0) is 63.6. The van der Waals surface area contributed by atoms with E-state index in [1.54, 1.807) is 78.9 Å². The molecule has 89 heavy (non-hydrogen) atoms. The van der Waals surface area contributed by atoms with Gasteiger partial charge in [0.2, 0.25) is 5.41 Å². The summed E-state index contributed by atoms with van der Waals surface area (Å²) in [5, 5.41) is 0. The van der Waals surface area contributed by atoms with Gasteiger partial charge in [0.15, 0.2) is 17.3 Å². The lowest BCUT2D eigenvalue weighted by molar-refractivity contribution is -0.288. The van der Waals surface area contributed by atoms with Crippen molar-refractivity contribution >= 4 is 37.6 Å². The lowest BCUT2D eigenvalue weighted by Gasteiger charge is -2.38. The van der Waals surface area contributed by atoms with Gasteiger partial charge in [-0.25, -0.2) is 0 Å². The van der Waals surface area contributed by atoms with Gasteiger partial charge in [-0.3, -0.25) is 23.5 Å². The molecule has 0 aliphatic rings. The number of carbonyl (C=O) groups is 3. The summed E-state index contributed by atoms with van der Waals surface area (Å²) in [5.41, 5.74) is -1.37. The minimum atomic E-state index is -5.80. The zero-order valence-electron chi connectivity index (χ0n) is 46.4. The number of benzene rings is 10. The topological polar surface area (TPSA) is 197 Å². The predicted octanol–water partition coefficient (Wildman–Crippen LogP) is 16.3. The smallest absolute Gasteiger partial charge is 0.411 e. The quantitative estimate of drug-likeness (QED) is 0.0441. The first-order chi connectivity index (χ1) is 42.2. The molecule has 10 aromatic carbocycles. The summed E-state index contributed by atoms with van der Waals surface area (Å²) in [7, 11) is -8.22. The maximum Gasteiger partial charge on any atom is 0.411 e. The highest BCUT2D eigenvalue weighted by Gasteiger charge is 2.72. The van der Waals surface area contributed by atoms with E-state index in [0.29, 0.717) is 45.5 Å². The Labute approximate surface area is 505 Å². The van der Waals surface area contributed by atoms with Gasteiger partial charge in [0.25, 0.3) is 20.2 Å². The van der Waals surface area contributed by atoms with E-state index in [4.69, 9.17) is 18.9 Å². The highest BCUT2D eigenvalue weighted by Crippen LogP contribution is 2.56. The first kappa shape index (κ1) is 61.9. The Hall–Kier alpha value is -10.2. The van der Waals surface area contributed by atoms with E-state index in [0.717, 1.165) is 72.3 Å². The zero-order valence-corrected chi connectivity index (χ0v) is 48.0. The van der Waals surface area contributed by atoms with Gasteiger partial charge in [0, 0.05) is 39.4 Å². The number of ketones is 3. The molecular formula is C68H46F6O13S2. The number of alkyl halides is 6. The van der Waals surface area contributed by atoms with Crippen LogP contribution < -0.4 is 18.9 Å². The number of carbonyl (C=O) groups excluding carboxylic acids is 3. The molecule has 0 aromatic heterocycles. The highest BCUT2D eigenvalue weighted by molar-refractivity contribution is 7.86. The fraction of sp³-hybridized carbons (Fsp3) is 0.0735. The fourth-order valence-electron chi connectivity index (χ4n) is 9.83. The van der Waals surface area contributed by atoms with Crippen LogP contribution in [-0.2, 0) is 25.7 Å². The molecule has 21 heteroatoms. The molecule has 0 aliphatic carbocycles. The second-order valence-electron chi connectivity index (χ2n) is 20.2. The Bertz CT molecular complexity index is 4510. The average Bonchev–Trinajstić information content (AvgIpc) is 0.786. The molecule has 0 heterocycles. The van der Waals surface area contributed by atoms with E-state index in [9.17, 15) is 66.7 Å². The molecular weight excluding hydrogens is 1200 g/mol. The lowest BCUT2D eigenvalue weighted by Crippen LogP contribution is -2.54. The van der Waals surface area contributed by atoms with Crippen LogP contribution in [0.1, 0.15) is 64.5 Å². The average molecular weight is 1250 g/mol. The maximum atomic E-state index is 14.7. The number of hydrogen-bond acceptors (Lipinski definition) is 11. The molecule has 0 spiro atoms. The van der Waals surface area contributed by atoms with Crippen LogP contribution in [0.4, 0.5) is 26.3 Å². The van der Waals surface area contributed by atoms with Gasteiger partial charge in [-0.05, 0) is 156 Å². The minimum absolute atomic E-state index is 0.0259. The SMILES string of the molecule is COc1ccc(C(c2ccc(Oc3ccc(C(=O)c4ccc(-c5ccc(-c6ccc(C(=O)c7ccc(C)cc7)cc6)c(C(=O)c6ccc(Oc7ccc(Oc8ccc(S(=O)(=O)O)cc8)c(S(=O)(=O)O)c7)cc6)c5)cc4)cc3)cc2)(C(F)(F)F)C(F)(F)F)cc1. The van der Waals surface area contributed by atoms with Crippen LogP contribution in [0.2, 0.25) is 0 Å². The molecule has 0 fully saturated rings. The number of methoxy groups -OCH3 is 1. The molecule has 2 N–H and O–H groups in total. The number of aryl methyl sites for hydroxylation is 1. The van der Waals surface area contributed by atoms with Crippen LogP contribution in [0.15, 0.2) is 240 Å². The van der Waals surface area contributed by atoms with Crippen molar-refractivity contribution in [3.8, 4) is 62.5 Å². The summed E-state index contributed by atoms with van der Waals surface area (Å²) in [4.78, 5) is 40.8. The Balaban J connectivity index is 0.879. The van der Waals surface area contributed by atoms with Crippen LogP contribution >= 0.6 is 0 Å². The van der Waals surface area contributed by atoms with Gasteiger partial charge in [-0.2, -0.15) is 43.2 Å². The van der Waals surface area contributed by atoms with E-state index in [1.807, 2.05) is 19.1 Å². The molecule has 10 aromatic rings. The summed E-state index contributed by atoms with van der Waals surface area (Å²) in [6, 6.07) is 52.1. The van der Waals surface area contributed by atoms with Crippen molar-refractivity contribution in [1.82, 2.24) is 0 Å². The fourth-order valence-corrected chi connectivity index (χ4v) is 10.9. The van der Waals surface area contributed by atoms with E-state index in [2.05, 4.69) is 0 Å². The standard InChI is InChI=1S/C68H46F6O13S2/c1-41-3-5-44(6-4-41)63(75)46-13-9-43(10-14-46)59-37-19-49(39-60(59)65(77)48-17-26-54(27-18-48)86-57-34-38-61(62(40-57)89(81,82)83)87-56-32-35-58(36-33-56)88(78,79)80)42-7-11-45(12-8-42)64(76)47-15-24-53(25-16-47)85-55-30-22-51(23-31-55)66(67(69,70)71,68(72,73)74)50-20-28-52(84-2)29-21-50/h3-40H,1-2H3,(H,78,79,80)(H,81,82,83). The first-order valence-electron chi connectivity index (χ1n) is 26.6. The third kappa shape index (κ3) is 13.2. The minimum Gasteiger partial charge on any atom is -0.497 e. The van der Waals surface area contributed by atoms with Crippen molar-refractivity contribution in [1.29, 1.82) is 0 Å². The molecule has 0 atom stereocenters. The van der Waals surface area contributed by atoms with Crippen LogP contribution in [0.5, 0.6) is 40.2 Å². The molecule has 0 amide bonds. The van der Waals surface area contributed by atoms with Crippen molar-refractivity contribution in [2.24, 2.45) is 0 Å². The number of hydrogen-bond donors (Lipinski definition) is 2. The second-order valence-corrected chi connectivity index (χ2v) is 23.0. The number of halogens is 6.